The second kappa shape index (κ2) is 35.3. The van der Waals surface area contributed by atoms with Crippen molar-refractivity contribution in [2.24, 2.45) is 0 Å². The first-order valence-electron chi connectivity index (χ1n) is 23.2. The second-order valence-electron chi connectivity index (χ2n) is 16.2. The molecular formula is C47H82O14. The molecule has 0 radical (unpaired) electrons. The van der Waals surface area contributed by atoms with Gasteiger partial charge in [0.15, 0.2) is 12.6 Å². The topological polar surface area (TPSA) is 214 Å². The van der Waals surface area contributed by atoms with Gasteiger partial charge >= 0.3 is 5.97 Å². The first-order chi connectivity index (χ1) is 29.6. The molecule has 0 amide bonds. The van der Waals surface area contributed by atoms with Crippen LogP contribution in [0.25, 0.3) is 0 Å². The highest BCUT2D eigenvalue weighted by Gasteiger charge is 2.47. The molecule has 0 bridgehead atoms. The van der Waals surface area contributed by atoms with Gasteiger partial charge in [0, 0.05) is 13.0 Å². The maximum Gasteiger partial charge on any atom is 0.306 e. The van der Waals surface area contributed by atoms with E-state index in [1.807, 2.05) is 6.92 Å². The van der Waals surface area contributed by atoms with Gasteiger partial charge in [-0.25, -0.2) is 0 Å². The summed E-state index contributed by atoms with van der Waals surface area (Å²) in [6.07, 6.45) is 23.8. The molecular weight excluding hydrogens is 789 g/mol. The van der Waals surface area contributed by atoms with Crippen LogP contribution in [0.2, 0.25) is 0 Å². The van der Waals surface area contributed by atoms with Gasteiger partial charge < -0.3 is 64.2 Å². The summed E-state index contributed by atoms with van der Waals surface area (Å²) in [6, 6.07) is 0. The number of hydrogen-bond acceptors (Lipinski definition) is 14. The Labute approximate surface area is 365 Å². The van der Waals surface area contributed by atoms with Gasteiger partial charge in [0.25, 0.3) is 0 Å². The van der Waals surface area contributed by atoms with Crippen LogP contribution < -0.4 is 0 Å². The molecule has 14 nitrogen and oxygen atoms in total. The molecule has 2 heterocycles. The summed E-state index contributed by atoms with van der Waals surface area (Å²) in [4.78, 5) is 12.3. The van der Waals surface area contributed by atoms with Crippen molar-refractivity contribution in [2.45, 2.75) is 210 Å². The third-order valence-corrected chi connectivity index (χ3v) is 10.8. The zero-order valence-electron chi connectivity index (χ0n) is 37.1. The Bertz CT molecular complexity index is 1190. The lowest BCUT2D eigenvalue weighted by Gasteiger charge is -2.42. The Hall–Kier alpha value is -2.05. The zero-order valence-corrected chi connectivity index (χ0v) is 37.1. The smallest absolute Gasteiger partial charge is 0.306 e. The molecule has 2 aliphatic heterocycles. The van der Waals surface area contributed by atoms with E-state index in [0.29, 0.717) is 13.0 Å². The maximum absolute atomic E-state index is 12.3. The third kappa shape index (κ3) is 24.0. The van der Waals surface area contributed by atoms with Crippen molar-refractivity contribution >= 4 is 5.97 Å². The summed E-state index contributed by atoms with van der Waals surface area (Å²) in [5, 5.41) is 71.3. The molecule has 2 fully saturated rings. The fraction of sp³-hybridized carbons (Fsp3) is 0.809. The molecule has 7 N–H and O–H groups in total. The molecule has 61 heavy (non-hydrogen) atoms. The van der Waals surface area contributed by atoms with E-state index >= 15 is 0 Å². The van der Waals surface area contributed by atoms with Crippen LogP contribution in [0.1, 0.15) is 142 Å². The van der Waals surface area contributed by atoms with Crippen LogP contribution in [0.3, 0.4) is 0 Å². The predicted octanol–water partition coefficient (Wildman–Crippen LogP) is 5.62. The zero-order chi connectivity index (χ0) is 44.5. The Morgan fingerprint density at radius 1 is 0.557 bits per heavy atom. The molecule has 2 aliphatic rings. The van der Waals surface area contributed by atoms with Gasteiger partial charge in [0.2, 0.25) is 0 Å². The number of hydrogen-bond donors (Lipinski definition) is 7. The number of carbonyl (C=O) groups excluding carboxylic acids is 1. The van der Waals surface area contributed by atoms with E-state index in [9.17, 15) is 40.5 Å². The quantitative estimate of drug-likeness (QED) is 0.0234. The summed E-state index contributed by atoms with van der Waals surface area (Å²) in [5.74, 6) is -0.431. The van der Waals surface area contributed by atoms with Gasteiger partial charge in [-0.15, -0.1) is 0 Å². The van der Waals surface area contributed by atoms with Crippen LogP contribution in [0.4, 0.5) is 0 Å². The minimum Gasteiger partial charge on any atom is -0.457 e. The van der Waals surface area contributed by atoms with Crippen molar-refractivity contribution in [3.63, 3.8) is 0 Å². The first-order valence-corrected chi connectivity index (χ1v) is 23.2. The van der Waals surface area contributed by atoms with Gasteiger partial charge in [-0.1, -0.05) is 133 Å². The molecule has 2 saturated heterocycles. The Morgan fingerprint density at radius 2 is 1.03 bits per heavy atom. The van der Waals surface area contributed by atoms with Crippen molar-refractivity contribution in [1.82, 2.24) is 0 Å². The number of aliphatic hydroxyl groups is 7. The van der Waals surface area contributed by atoms with Crippen LogP contribution in [0.15, 0.2) is 48.6 Å². The maximum atomic E-state index is 12.3. The van der Waals surface area contributed by atoms with Crippen LogP contribution in [0.5, 0.6) is 0 Å². The molecule has 14 heteroatoms. The fourth-order valence-corrected chi connectivity index (χ4v) is 7.08. The average molecular weight is 871 g/mol. The lowest BCUT2D eigenvalue weighted by Crippen LogP contribution is -2.61. The van der Waals surface area contributed by atoms with Gasteiger partial charge in [0.1, 0.15) is 54.9 Å². The minimum absolute atomic E-state index is 0.0540. The Kier molecular flexibility index (Phi) is 31.9. The Balaban J connectivity index is 1.54. The largest absolute Gasteiger partial charge is 0.457 e. The van der Waals surface area contributed by atoms with Gasteiger partial charge in [-0.3, -0.25) is 4.79 Å². The molecule has 0 aromatic carbocycles. The number of unbranched alkanes of at least 4 members (excludes halogenated alkanes) is 13. The highest BCUT2D eigenvalue weighted by Crippen LogP contribution is 2.26. The number of rotatable bonds is 35. The summed E-state index contributed by atoms with van der Waals surface area (Å²) < 4.78 is 33.6. The lowest BCUT2D eigenvalue weighted by atomic mass is 9.98. The molecule has 354 valence electrons. The Morgan fingerprint density at radius 3 is 1.57 bits per heavy atom. The van der Waals surface area contributed by atoms with Crippen LogP contribution >= 0.6 is 0 Å². The number of carbonyl (C=O) groups is 1. The molecule has 0 saturated carbocycles. The van der Waals surface area contributed by atoms with Crippen molar-refractivity contribution in [3.05, 3.63) is 48.6 Å². The SMILES string of the molecule is CC/C=C\C/C=C\C/C=C\C/C=C\CCCCCCCCCCCCCCCOCC(COC1OC(COC2OC(CO)C(O)C(O)C2O)C(O)C(O)C1O)OC(=O)CCC. The highest BCUT2D eigenvalue weighted by atomic mass is 16.7. The molecule has 0 aromatic heterocycles. The van der Waals surface area contributed by atoms with E-state index in [1.165, 1.54) is 70.6 Å². The van der Waals surface area contributed by atoms with E-state index < -0.39 is 86.7 Å². The van der Waals surface area contributed by atoms with Gasteiger partial charge in [-0.2, -0.15) is 0 Å². The van der Waals surface area contributed by atoms with Gasteiger partial charge in [-0.05, 0) is 51.4 Å². The first kappa shape index (κ1) is 55.1. The van der Waals surface area contributed by atoms with Crippen molar-refractivity contribution in [2.75, 3.05) is 33.0 Å². The molecule has 11 atom stereocenters. The minimum atomic E-state index is -1.70. The summed E-state index contributed by atoms with van der Waals surface area (Å²) in [7, 11) is 0. The molecule has 0 spiro atoms. The number of ether oxygens (including phenoxy) is 6. The summed E-state index contributed by atoms with van der Waals surface area (Å²) >= 11 is 0. The van der Waals surface area contributed by atoms with E-state index in [-0.39, 0.29) is 19.6 Å². The number of allylic oxidation sites excluding steroid dienone is 8. The molecule has 0 aromatic rings. The van der Waals surface area contributed by atoms with Crippen molar-refractivity contribution in [3.8, 4) is 0 Å². The fourth-order valence-electron chi connectivity index (χ4n) is 7.08. The summed E-state index contributed by atoms with van der Waals surface area (Å²) in [6.45, 7) is 3.18. The number of esters is 1. The van der Waals surface area contributed by atoms with Crippen LogP contribution in [-0.2, 0) is 33.2 Å². The third-order valence-electron chi connectivity index (χ3n) is 10.8. The molecule has 11 unspecified atom stereocenters. The predicted molar refractivity (Wildman–Crippen MR) is 233 cm³/mol. The monoisotopic (exact) mass is 871 g/mol. The van der Waals surface area contributed by atoms with Crippen molar-refractivity contribution < 1.29 is 69.0 Å². The number of aliphatic hydroxyl groups excluding tert-OH is 7. The van der Waals surface area contributed by atoms with Crippen molar-refractivity contribution in [1.29, 1.82) is 0 Å². The normalized spacial score (nSPS) is 27.9. The van der Waals surface area contributed by atoms with Crippen LogP contribution in [0, 0.1) is 0 Å². The van der Waals surface area contributed by atoms with E-state index in [4.69, 9.17) is 28.4 Å². The highest BCUT2D eigenvalue weighted by molar-refractivity contribution is 5.69. The summed E-state index contributed by atoms with van der Waals surface area (Å²) in [5.41, 5.74) is 0. The average Bonchev–Trinajstić information content (AvgIpc) is 3.25. The van der Waals surface area contributed by atoms with E-state index in [2.05, 4.69) is 55.5 Å². The molecule has 0 aliphatic carbocycles. The van der Waals surface area contributed by atoms with Gasteiger partial charge in [0.05, 0.1) is 26.4 Å². The van der Waals surface area contributed by atoms with Crippen LogP contribution in [-0.4, -0.2) is 142 Å². The van der Waals surface area contributed by atoms with E-state index in [0.717, 1.165) is 44.9 Å². The lowest BCUT2D eigenvalue weighted by molar-refractivity contribution is -0.332. The standard InChI is InChI=1S/C47H82O14/c1-3-5-6-7-8-9-10-11-12-13-14-15-16-17-18-19-20-21-22-23-24-25-26-27-28-29-31-56-33-36(59-39(49)30-4-2)34-57-46-45(55)43(53)41(51)38(61-46)35-58-47-44(54)42(52)40(50)37(32-48)60-47/h5-6,8-9,11-12,14-15,36-38,40-48,50-55H,3-4,7,10,13,16-35H2,1-2H3/b6-5-,9-8-,12-11-,15-14-. The second-order valence-corrected chi connectivity index (χ2v) is 16.2. The molecule has 2 rings (SSSR count). The van der Waals surface area contributed by atoms with E-state index in [1.54, 1.807) is 0 Å².